The maximum atomic E-state index is 14.4. The molecule has 9 aromatic carbocycles. The molecule has 0 unspecified atom stereocenters. The van der Waals surface area contributed by atoms with Crippen molar-refractivity contribution in [1.29, 1.82) is 5.26 Å². The van der Waals surface area contributed by atoms with Crippen molar-refractivity contribution in [3.8, 4) is 62.0 Å². The highest BCUT2D eigenvalue weighted by Crippen LogP contribution is 2.45. The standard InChI is InChI=1S/C59H37F6N3/c1-35-9-7-11-38(25-35)40-19-23-55-50(30-40)46-13-3-5-15-52(46)67(55)54-22-17-37(34-66)27-49(54)48-21-18-42(43-28-44(58(60,61)62)33-45(29-43)59(63,64)65)32-57(48)68-53-16-6-4-14-47(53)51-31-41(20-24-56(51)68)39-12-8-10-36(2)26-39/h3-33H,1-2H3. The van der Waals surface area contributed by atoms with Crippen molar-refractivity contribution in [3.05, 3.63) is 216 Å². The largest absolute Gasteiger partial charge is 0.416 e. The molecule has 0 N–H and O–H groups in total. The van der Waals surface area contributed by atoms with E-state index in [1.165, 1.54) is 0 Å². The maximum absolute atomic E-state index is 14.4. The van der Waals surface area contributed by atoms with E-state index in [9.17, 15) is 31.6 Å². The van der Waals surface area contributed by atoms with Crippen LogP contribution in [0.15, 0.2) is 188 Å². The van der Waals surface area contributed by atoms with E-state index in [0.717, 1.165) is 89.1 Å². The number of benzene rings is 9. The molecule has 0 radical (unpaired) electrons. The first-order valence-corrected chi connectivity index (χ1v) is 21.9. The number of aryl methyl sites for hydroxylation is 2. The number of rotatable bonds is 6. The van der Waals surface area contributed by atoms with Crippen molar-refractivity contribution < 1.29 is 26.3 Å². The highest BCUT2D eigenvalue weighted by atomic mass is 19.4. The highest BCUT2D eigenvalue weighted by Gasteiger charge is 2.37. The molecule has 2 aromatic heterocycles. The average molecular weight is 902 g/mol. The van der Waals surface area contributed by atoms with E-state index in [0.29, 0.717) is 28.1 Å². The van der Waals surface area contributed by atoms with Crippen LogP contribution in [0, 0.1) is 25.2 Å². The van der Waals surface area contributed by atoms with Gasteiger partial charge >= 0.3 is 12.4 Å². The van der Waals surface area contributed by atoms with Crippen LogP contribution in [-0.2, 0) is 12.4 Å². The molecule has 330 valence electrons. The van der Waals surface area contributed by atoms with E-state index in [1.54, 1.807) is 30.3 Å². The molecule has 0 aliphatic carbocycles. The lowest BCUT2D eigenvalue weighted by Crippen LogP contribution is -2.11. The molecule has 0 spiro atoms. The van der Waals surface area contributed by atoms with Gasteiger partial charge in [0.2, 0.25) is 0 Å². The SMILES string of the molecule is Cc1cccc(-c2ccc3c(c2)c2ccccc2n3-c2ccc(C#N)cc2-c2ccc(-c3cc(C(F)(F)F)cc(C(F)(F)F)c3)cc2-n2c3ccccc3c3cc(-c4cccc(C)c4)ccc32)c1. The lowest BCUT2D eigenvalue weighted by atomic mass is 9.93. The number of para-hydroxylation sites is 2. The zero-order chi connectivity index (χ0) is 47.1. The first-order valence-electron chi connectivity index (χ1n) is 21.9. The van der Waals surface area contributed by atoms with Crippen LogP contribution in [0.2, 0.25) is 0 Å². The number of fused-ring (bicyclic) bond motifs is 6. The summed E-state index contributed by atoms with van der Waals surface area (Å²) in [5, 5.41) is 14.2. The number of nitrogens with zero attached hydrogens (tertiary/aromatic N) is 3. The number of hydrogen-bond donors (Lipinski definition) is 0. The second kappa shape index (κ2) is 15.9. The summed E-state index contributed by atoms with van der Waals surface area (Å²) in [5.41, 5.74) is 9.53. The van der Waals surface area contributed by atoms with Crippen molar-refractivity contribution >= 4 is 43.6 Å². The first kappa shape index (κ1) is 42.3. The topological polar surface area (TPSA) is 33.6 Å². The number of nitriles is 1. The van der Waals surface area contributed by atoms with E-state index < -0.39 is 23.5 Å². The Morgan fingerprint density at radius 2 is 0.838 bits per heavy atom. The van der Waals surface area contributed by atoms with Crippen LogP contribution in [0.4, 0.5) is 26.3 Å². The molecule has 9 heteroatoms. The van der Waals surface area contributed by atoms with Gasteiger partial charge in [-0.25, -0.2) is 0 Å². The fraction of sp³-hybridized carbons (Fsp3) is 0.0678. The Morgan fingerprint density at radius 3 is 1.35 bits per heavy atom. The molecule has 11 rings (SSSR count). The van der Waals surface area contributed by atoms with E-state index in [4.69, 9.17) is 0 Å². The molecule has 2 heterocycles. The van der Waals surface area contributed by atoms with Crippen LogP contribution in [0.3, 0.4) is 0 Å². The van der Waals surface area contributed by atoms with Crippen LogP contribution >= 0.6 is 0 Å². The monoisotopic (exact) mass is 901 g/mol. The zero-order valence-corrected chi connectivity index (χ0v) is 36.5. The fourth-order valence-electron chi connectivity index (χ4n) is 9.74. The number of aromatic nitrogens is 2. The highest BCUT2D eigenvalue weighted by molar-refractivity contribution is 6.13. The Hall–Kier alpha value is -8.35. The Bertz CT molecular complexity index is 3850. The third-order valence-electron chi connectivity index (χ3n) is 12.9. The van der Waals surface area contributed by atoms with Crippen LogP contribution < -0.4 is 0 Å². The molecular formula is C59H37F6N3. The molecule has 0 bridgehead atoms. The van der Waals surface area contributed by atoms with Gasteiger partial charge in [0.05, 0.1) is 56.2 Å². The Morgan fingerprint density at radius 1 is 0.368 bits per heavy atom. The molecule has 0 aliphatic rings. The summed E-state index contributed by atoms with van der Waals surface area (Å²) in [6.45, 7) is 4.09. The molecule has 0 amide bonds. The molecule has 68 heavy (non-hydrogen) atoms. The van der Waals surface area contributed by atoms with Crippen LogP contribution in [0.1, 0.15) is 27.8 Å². The summed E-state index contributed by atoms with van der Waals surface area (Å²) in [4.78, 5) is 0. The predicted octanol–water partition coefficient (Wildman–Crippen LogP) is 17.1. The maximum Gasteiger partial charge on any atom is 0.416 e. The Balaban J connectivity index is 1.22. The molecular weight excluding hydrogens is 865 g/mol. The van der Waals surface area contributed by atoms with Gasteiger partial charge in [0.1, 0.15) is 0 Å². The minimum Gasteiger partial charge on any atom is -0.309 e. The number of hydrogen-bond acceptors (Lipinski definition) is 1. The Kier molecular flexibility index (Phi) is 9.90. The number of halogens is 6. The summed E-state index contributed by atoms with van der Waals surface area (Å²) in [7, 11) is 0. The lowest BCUT2D eigenvalue weighted by Gasteiger charge is -2.21. The van der Waals surface area contributed by atoms with Gasteiger partial charge in [0, 0.05) is 32.7 Å². The summed E-state index contributed by atoms with van der Waals surface area (Å²) < 4.78 is 90.4. The van der Waals surface area contributed by atoms with Crippen molar-refractivity contribution in [2.45, 2.75) is 26.2 Å². The first-order chi connectivity index (χ1) is 32.7. The summed E-state index contributed by atoms with van der Waals surface area (Å²) in [6, 6.07) is 59.2. The van der Waals surface area contributed by atoms with Gasteiger partial charge < -0.3 is 9.13 Å². The average Bonchev–Trinajstić information content (AvgIpc) is 3.85. The third-order valence-corrected chi connectivity index (χ3v) is 12.9. The smallest absolute Gasteiger partial charge is 0.309 e. The summed E-state index contributed by atoms with van der Waals surface area (Å²) in [5.74, 6) is 0. The third kappa shape index (κ3) is 7.26. The van der Waals surface area contributed by atoms with Gasteiger partial charge in [-0.3, -0.25) is 0 Å². The van der Waals surface area contributed by atoms with Gasteiger partial charge in [-0.2, -0.15) is 31.6 Å². The van der Waals surface area contributed by atoms with Crippen molar-refractivity contribution in [3.63, 3.8) is 0 Å². The van der Waals surface area contributed by atoms with Gasteiger partial charge in [-0.1, -0.05) is 120 Å². The molecule has 11 aromatic rings. The second-order valence-corrected chi connectivity index (χ2v) is 17.3. The van der Waals surface area contributed by atoms with Gasteiger partial charge in [-0.05, 0) is 126 Å². The zero-order valence-electron chi connectivity index (χ0n) is 36.5. The number of alkyl halides is 6. The molecule has 0 atom stereocenters. The minimum atomic E-state index is -5.05. The van der Waals surface area contributed by atoms with Gasteiger partial charge in [0.15, 0.2) is 0 Å². The minimum absolute atomic E-state index is 0.140. The molecule has 0 saturated carbocycles. The Labute approximate surface area is 387 Å². The van der Waals surface area contributed by atoms with Crippen LogP contribution in [0.5, 0.6) is 0 Å². The van der Waals surface area contributed by atoms with E-state index >= 15 is 0 Å². The van der Waals surface area contributed by atoms with Crippen LogP contribution in [-0.4, -0.2) is 9.13 Å². The molecule has 3 nitrogen and oxygen atoms in total. The summed E-state index contributed by atoms with van der Waals surface area (Å²) >= 11 is 0. The molecule has 0 saturated heterocycles. The fourth-order valence-corrected chi connectivity index (χ4v) is 9.74. The van der Waals surface area contributed by atoms with E-state index in [2.05, 4.69) is 72.2 Å². The van der Waals surface area contributed by atoms with Gasteiger partial charge in [-0.15, -0.1) is 0 Å². The van der Waals surface area contributed by atoms with Crippen LogP contribution in [0.25, 0.3) is 99.5 Å². The van der Waals surface area contributed by atoms with Crippen molar-refractivity contribution in [1.82, 2.24) is 9.13 Å². The van der Waals surface area contributed by atoms with Crippen molar-refractivity contribution in [2.75, 3.05) is 0 Å². The van der Waals surface area contributed by atoms with Gasteiger partial charge in [0.25, 0.3) is 0 Å². The normalized spacial score (nSPS) is 12.1. The van der Waals surface area contributed by atoms with Crippen molar-refractivity contribution in [2.24, 2.45) is 0 Å². The molecule has 0 aliphatic heterocycles. The van der Waals surface area contributed by atoms with E-state index in [1.807, 2.05) is 96.4 Å². The predicted molar refractivity (Wildman–Crippen MR) is 261 cm³/mol. The quantitative estimate of drug-likeness (QED) is 0.153. The second-order valence-electron chi connectivity index (χ2n) is 17.3. The lowest BCUT2D eigenvalue weighted by molar-refractivity contribution is -0.143. The van der Waals surface area contributed by atoms with E-state index in [-0.39, 0.29) is 17.2 Å². The summed E-state index contributed by atoms with van der Waals surface area (Å²) in [6.07, 6.45) is -10.1. The molecule has 0 fully saturated rings.